The molecule has 9 heteroatoms. The minimum Gasteiger partial charge on any atom is -0.445 e. The molecule has 2 aromatic rings. The van der Waals surface area contributed by atoms with Crippen molar-refractivity contribution in [3.63, 3.8) is 0 Å². The summed E-state index contributed by atoms with van der Waals surface area (Å²) in [5.74, 6) is -2.38. The number of aromatic nitrogens is 2. The molecule has 158 valence electrons. The molecule has 1 saturated heterocycles. The number of amides is 2. The molecule has 30 heavy (non-hydrogen) atoms. The Morgan fingerprint density at radius 1 is 1.17 bits per heavy atom. The number of rotatable bonds is 7. The molecule has 3 rings (SSSR count). The molecule has 0 radical (unpaired) electrons. The number of hydrogen-bond acceptors (Lipinski definition) is 6. The maximum absolute atomic E-state index is 13.0. The van der Waals surface area contributed by atoms with Crippen LogP contribution in [-0.4, -0.2) is 40.3 Å². The van der Waals surface area contributed by atoms with Crippen molar-refractivity contribution in [3.05, 3.63) is 53.9 Å². The first-order valence-corrected chi connectivity index (χ1v) is 9.86. The fourth-order valence-electron chi connectivity index (χ4n) is 3.32. The first-order chi connectivity index (χ1) is 14.5. The van der Waals surface area contributed by atoms with E-state index in [1.165, 1.54) is 6.20 Å². The summed E-state index contributed by atoms with van der Waals surface area (Å²) in [4.78, 5) is 49.5. The largest absolute Gasteiger partial charge is 0.445 e. The number of alkyl carbamates (subject to hydrolysis) is 1. The van der Waals surface area contributed by atoms with Crippen LogP contribution >= 0.6 is 0 Å². The summed E-state index contributed by atoms with van der Waals surface area (Å²) in [6.45, 7) is 0.509. The van der Waals surface area contributed by atoms with Crippen molar-refractivity contribution >= 4 is 23.6 Å². The van der Waals surface area contributed by atoms with E-state index in [-0.39, 0.29) is 13.0 Å². The van der Waals surface area contributed by atoms with Gasteiger partial charge in [-0.25, -0.2) is 4.79 Å². The molecule has 0 bridgehead atoms. The number of Topliss-reactive ketones (excluding diaryl/α,β-unsaturated/α-hetero) is 2. The third-order valence-corrected chi connectivity index (χ3v) is 4.94. The second-order valence-electron chi connectivity index (χ2n) is 7.13. The molecular weight excluding hydrogens is 388 g/mol. The van der Waals surface area contributed by atoms with E-state index in [0.29, 0.717) is 18.7 Å². The van der Waals surface area contributed by atoms with Gasteiger partial charge in [-0.15, -0.1) is 0 Å². The zero-order chi connectivity index (χ0) is 21.3. The van der Waals surface area contributed by atoms with Gasteiger partial charge in [0.25, 0.3) is 5.91 Å². The minimum absolute atomic E-state index is 0.0534. The molecule has 2 heterocycles. The van der Waals surface area contributed by atoms with Crippen LogP contribution in [0.4, 0.5) is 4.79 Å². The summed E-state index contributed by atoms with van der Waals surface area (Å²) >= 11 is 0. The molecule has 2 atom stereocenters. The average Bonchev–Trinajstić information content (AvgIpc) is 3.28. The van der Waals surface area contributed by atoms with Gasteiger partial charge < -0.3 is 15.4 Å². The molecule has 0 aliphatic carbocycles. The highest BCUT2D eigenvalue weighted by Crippen LogP contribution is 2.22. The summed E-state index contributed by atoms with van der Waals surface area (Å²) in [6.07, 6.45) is 2.46. The number of benzene rings is 1. The Morgan fingerprint density at radius 3 is 2.70 bits per heavy atom. The van der Waals surface area contributed by atoms with E-state index in [1.807, 2.05) is 30.3 Å². The van der Waals surface area contributed by atoms with E-state index in [1.54, 1.807) is 6.07 Å². The minimum atomic E-state index is -1.06. The van der Waals surface area contributed by atoms with Gasteiger partial charge in [0.2, 0.25) is 5.78 Å². The third kappa shape index (κ3) is 5.76. The van der Waals surface area contributed by atoms with E-state index in [0.717, 1.165) is 18.4 Å². The molecule has 1 aliphatic heterocycles. The summed E-state index contributed by atoms with van der Waals surface area (Å²) in [5, 5.41) is 11.6. The number of hydrogen-bond donors (Lipinski definition) is 3. The highest BCUT2D eigenvalue weighted by molar-refractivity contribution is 6.37. The Morgan fingerprint density at radius 2 is 1.97 bits per heavy atom. The van der Waals surface area contributed by atoms with Crippen LogP contribution in [0.1, 0.15) is 43.0 Å². The van der Waals surface area contributed by atoms with Crippen molar-refractivity contribution in [1.29, 1.82) is 0 Å². The molecule has 1 fully saturated rings. The number of nitrogens with one attached hydrogen (secondary N) is 3. The van der Waals surface area contributed by atoms with Crippen LogP contribution in [0.5, 0.6) is 0 Å². The number of carbonyl (C=O) groups excluding carboxylic acids is 4. The van der Waals surface area contributed by atoms with Crippen LogP contribution < -0.4 is 10.6 Å². The number of carbonyl (C=O) groups is 4. The Bertz CT molecular complexity index is 882. The van der Waals surface area contributed by atoms with E-state index < -0.39 is 35.5 Å². The van der Waals surface area contributed by atoms with Crippen LogP contribution in [0.2, 0.25) is 0 Å². The van der Waals surface area contributed by atoms with E-state index >= 15 is 0 Å². The fraction of sp³-hybridized carbons (Fsp3) is 0.381. The van der Waals surface area contributed by atoms with Crippen LogP contribution in [0.3, 0.4) is 0 Å². The maximum atomic E-state index is 13.0. The van der Waals surface area contributed by atoms with Gasteiger partial charge in [-0.05, 0) is 24.5 Å². The van der Waals surface area contributed by atoms with Crippen LogP contribution in [-0.2, 0) is 25.7 Å². The van der Waals surface area contributed by atoms with E-state index in [4.69, 9.17) is 4.74 Å². The smallest absolute Gasteiger partial charge is 0.408 e. The van der Waals surface area contributed by atoms with Crippen LogP contribution in [0.25, 0.3) is 0 Å². The summed E-state index contributed by atoms with van der Waals surface area (Å²) in [7, 11) is 0. The van der Waals surface area contributed by atoms with Crippen LogP contribution in [0.15, 0.2) is 42.6 Å². The normalized spacial score (nSPS) is 17.9. The van der Waals surface area contributed by atoms with Crippen molar-refractivity contribution in [2.75, 3.05) is 6.54 Å². The third-order valence-electron chi connectivity index (χ3n) is 4.94. The standard InChI is InChI=1S/C21H24N4O5/c26-17(12-15-8-4-5-10-22-20(28)19(15)27)18(16-9-11-23-25-16)24-21(29)30-13-14-6-2-1-3-7-14/h1-3,6-7,9,11,15,18H,4-5,8,10,12-13H2,(H,22,28)(H,23,25)(H,24,29). The highest BCUT2D eigenvalue weighted by Gasteiger charge is 2.32. The van der Waals surface area contributed by atoms with Gasteiger partial charge >= 0.3 is 6.09 Å². The van der Waals surface area contributed by atoms with Gasteiger partial charge in [0.15, 0.2) is 5.78 Å². The molecule has 3 N–H and O–H groups in total. The second kappa shape index (κ2) is 10.3. The van der Waals surface area contributed by atoms with Crippen molar-refractivity contribution in [3.8, 4) is 0 Å². The molecule has 2 amide bonds. The monoisotopic (exact) mass is 412 g/mol. The summed E-state index contributed by atoms with van der Waals surface area (Å²) in [5.41, 5.74) is 1.18. The van der Waals surface area contributed by atoms with E-state index in [2.05, 4.69) is 20.8 Å². The molecule has 0 spiro atoms. The van der Waals surface area contributed by atoms with Crippen molar-refractivity contribution in [2.24, 2.45) is 5.92 Å². The van der Waals surface area contributed by atoms with E-state index in [9.17, 15) is 19.2 Å². The molecule has 1 aromatic carbocycles. The topological polar surface area (TPSA) is 130 Å². The second-order valence-corrected chi connectivity index (χ2v) is 7.13. The number of nitrogens with zero attached hydrogens (tertiary/aromatic N) is 1. The molecule has 0 saturated carbocycles. The number of ketones is 2. The van der Waals surface area contributed by atoms with Gasteiger partial charge in [0.1, 0.15) is 12.6 Å². The summed E-state index contributed by atoms with van der Waals surface area (Å²) in [6, 6.07) is 9.65. The quantitative estimate of drug-likeness (QED) is 0.595. The summed E-state index contributed by atoms with van der Waals surface area (Å²) < 4.78 is 5.20. The molecule has 9 nitrogen and oxygen atoms in total. The predicted octanol–water partition coefficient (Wildman–Crippen LogP) is 1.82. The number of aromatic amines is 1. The van der Waals surface area contributed by atoms with Crippen molar-refractivity contribution < 1.29 is 23.9 Å². The Hall–Kier alpha value is -3.49. The first kappa shape index (κ1) is 21.2. The first-order valence-electron chi connectivity index (χ1n) is 9.86. The van der Waals surface area contributed by atoms with Gasteiger partial charge in [-0.1, -0.05) is 36.8 Å². The van der Waals surface area contributed by atoms with Crippen molar-refractivity contribution in [2.45, 2.75) is 38.3 Å². The Balaban J connectivity index is 1.65. The average molecular weight is 412 g/mol. The predicted molar refractivity (Wildman–Crippen MR) is 106 cm³/mol. The number of ether oxygens (including phenoxy) is 1. The lowest BCUT2D eigenvalue weighted by Gasteiger charge is -2.21. The lowest BCUT2D eigenvalue weighted by molar-refractivity contribution is -0.141. The van der Waals surface area contributed by atoms with Crippen LogP contribution in [0, 0.1) is 5.92 Å². The molecule has 1 aliphatic rings. The number of H-pyrrole nitrogens is 1. The fourth-order valence-corrected chi connectivity index (χ4v) is 3.32. The highest BCUT2D eigenvalue weighted by atomic mass is 16.5. The zero-order valence-corrected chi connectivity index (χ0v) is 16.4. The van der Waals surface area contributed by atoms with Crippen molar-refractivity contribution in [1.82, 2.24) is 20.8 Å². The lowest BCUT2D eigenvalue weighted by Crippen LogP contribution is -2.40. The molecule has 1 aromatic heterocycles. The van der Waals surface area contributed by atoms with Gasteiger partial charge in [-0.3, -0.25) is 19.5 Å². The van der Waals surface area contributed by atoms with Gasteiger partial charge in [-0.2, -0.15) is 5.10 Å². The molecular formula is C21H24N4O5. The Labute approximate surface area is 173 Å². The maximum Gasteiger partial charge on any atom is 0.408 e. The Kier molecular flexibility index (Phi) is 7.31. The SMILES string of the molecule is O=C(NC(C(=O)CC1CCCCNC(=O)C1=O)c1ccn[nH]1)OCc1ccccc1. The zero-order valence-electron chi connectivity index (χ0n) is 16.4. The van der Waals surface area contributed by atoms with Gasteiger partial charge in [0, 0.05) is 25.1 Å². The molecule has 2 unspecified atom stereocenters. The van der Waals surface area contributed by atoms with Gasteiger partial charge in [0.05, 0.1) is 5.69 Å². The lowest BCUT2D eigenvalue weighted by atomic mass is 9.88.